The number of aromatic nitrogens is 1. The largest absolute Gasteiger partial charge is 0.330 e. The van der Waals surface area contributed by atoms with Crippen molar-refractivity contribution < 1.29 is 9.18 Å². The van der Waals surface area contributed by atoms with Crippen molar-refractivity contribution in [3.05, 3.63) is 24.3 Å². The molecule has 0 aliphatic carbocycles. The summed E-state index contributed by atoms with van der Waals surface area (Å²) in [5, 5.41) is 2.64. The summed E-state index contributed by atoms with van der Waals surface area (Å²) in [6.45, 7) is 2.57. The monoisotopic (exact) mass is 225 g/mol. The van der Waals surface area contributed by atoms with Crippen LogP contribution in [-0.2, 0) is 4.79 Å². The Morgan fingerprint density at radius 2 is 2.38 bits per heavy atom. The van der Waals surface area contributed by atoms with Crippen LogP contribution in [0.5, 0.6) is 0 Å². The summed E-state index contributed by atoms with van der Waals surface area (Å²) < 4.78 is 12.5. The van der Waals surface area contributed by atoms with E-state index < -0.39 is 5.95 Å². The molecule has 1 aromatic heterocycles. The number of rotatable bonds is 5. The van der Waals surface area contributed by atoms with E-state index >= 15 is 0 Å². The maximum Gasteiger partial charge on any atom is 0.224 e. The highest BCUT2D eigenvalue weighted by Crippen LogP contribution is 2.08. The number of pyridine rings is 1. The average molecular weight is 225 g/mol. The van der Waals surface area contributed by atoms with Crippen LogP contribution < -0.4 is 11.1 Å². The third-order valence-corrected chi connectivity index (χ3v) is 2.28. The van der Waals surface area contributed by atoms with Crippen LogP contribution in [0.3, 0.4) is 0 Å². The van der Waals surface area contributed by atoms with Gasteiger partial charge in [0.05, 0.1) is 11.9 Å². The van der Waals surface area contributed by atoms with Gasteiger partial charge in [0.15, 0.2) is 0 Å². The molecule has 0 saturated heterocycles. The van der Waals surface area contributed by atoms with Gasteiger partial charge in [-0.2, -0.15) is 4.39 Å². The molecule has 1 heterocycles. The smallest absolute Gasteiger partial charge is 0.224 e. The fourth-order valence-corrected chi connectivity index (χ4v) is 1.17. The number of hydrogen-bond acceptors (Lipinski definition) is 3. The average Bonchev–Trinajstić information content (AvgIpc) is 2.29. The molecule has 1 unspecified atom stereocenters. The first-order chi connectivity index (χ1) is 7.61. The molecule has 4 nitrogen and oxygen atoms in total. The van der Waals surface area contributed by atoms with Crippen LogP contribution in [0.1, 0.15) is 19.8 Å². The van der Waals surface area contributed by atoms with E-state index in [2.05, 4.69) is 10.3 Å². The third-order valence-electron chi connectivity index (χ3n) is 2.28. The Morgan fingerprint density at radius 3 is 2.94 bits per heavy atom. The van der Waals surface area contributed by atoms with Crippen LogP contribution in [0.25, 0.3) is 0 Å². The Balaban J connectivity index is 2.37. The Hall–Kier alpha value is -1.49. The number of amides is 1. The Labute approximate surface area is 94.1 Å². The molecule has 0 aliphatic heterocycles. The number of anilines is 1. The minimum Gasteiger partial charge on any atom is -0.330 e. The zero-order valence-electron chi connectivity index (χ0n) is 9.24. The fourth-order valence-electron chi connectivity index (χ4n) is 1.17. The molecule has 5 heteroatoms. The number of carbonyl (C=O) groups is 1. The van der Waals surface area contributed by atoms with Gasteiger partial charge in [0.1, 0.15) is 0 Å². The van der Waals surface area contributed by atoms with Crippen LogP contribution in [0, 0.1) is 11.9 Å². The quantitative estimate of drug-likeness (QED) is 0.747. The number of nitrogens with one attached hydrogen (secondary N) is 1. The van der Waals surface area contributed by atoms with E-state index in [1.165, 1.54) is 18.3 Å². The van der Waals surface area contributed by atoms with Crippen molar-refractivity contribution in [2.45, 2.75) is 19.8 Å². The van der Waals surface area contributed by atoms with Gasteiger partial charge in [-0.15, -0.1) is 0 Å². The SMILES string of the molecule is CC(CN)CCC(=O)Nc1ccc(F)nc1. The zero-order chi connectivity index (χ0) is 12.0. The molecule has 3 N–H and O–H groups in total. The molecule has 1 rings (SSSR count). The highest BCUT2D eigenvalue weighted by atomic mass is 19.1. The van der Waals surface area contributed by atoms with Crippen LogP contribution in [0.4, 0.5) is 10.1 Å². The molecule has 0 saturated carbocycles. The molecule has 0 bridgehead atoms. The molecular weight excluding hydrogens is 209 g/mol. The lowest BCUT2D eigenvalue weighted by Gasteiger charge is -2.08. The van der Waals surface area contributed by atoms with Gasteiger partial charge in [-0.3, -0.25) is 4.79 Å². The molecule has 88 valence electrons. The Kier molecular flexibility index (Phi) is 4.85. The van der Waals surface area contributed by atoms with Crippen molar-refractivity contribution in [3.63, 3.8) is 0 Å². The second kappa shape index (κ2) is 6.17. The van der Waals surface area contributed by atoms with Crippen molar-refractivity contribution in [3.8, 4) is 0 Å². The van der Waals surface area contributed by atoms with Gasteiger partial charge in [-0.25, -0.2) is 4.98 Å². The highest BCUT2D eigenvalue weighted by Gasteiger charge is 2.06. The van der Waals surface area contributed by atoms with Gasteiger partial charge >= 0.3 is 0 Å². The topological polar surface area (TPSA) is 68.0 Å². The van der Waals surface area contributed by atoms with Gasteiger partial charge in [0.2, 0.25) is 11.9 Å². The summed E-state index contributed by atoms with van der Waals surface area (Å²) in [7, 11) is 0. The van der Waals surface area contributed by atoms with Crippen molar-refractivity contribution in [2.24, 2.45) is 11.7 Å². The first-order valence-corrected chi connectivity index (χ1v) is 5.23. The van der Waals surface area contributed by atoms with Gasteiger partial charge in [-0.05, 0) is 31.0 Å². The number of hydrogen-bond donors (Lipinski definition) is 2. The normalized spacial score (nSPS) is 12.2. The molecule has 0 aromatic carbocycles. The lowest BCUT2D eigenvalue weighted by Crippen LogP contribution is -2.16. The van der Waals surface area contributed by atoms with Crippen molar-refractivity contribution in [2.75, 3.05) is 11.9 Å². The number of halogens is 1. The molecule has 0 fully saturated rings. The predicted octanol–water partition coefficient (Wildman–Crippen LogP) is 1.53. The van der Waals surface area contributed by atoms with Gasteiger partial charge < -0.3 is 11.1 Å². The Morgan fingerprint density at radius 1 is 1.62 bits per heavy atom. The molecule has 1 atom stereocenters. The van der Waals surface area contributed by atoms with E-state index in [9.17, 15) is 9.18 Å². The van der Waals surface area contributed by atoms with Crippen molar-refractivity contribution in [1.82, 2.24) is 4.98 Å². The number of nitrogens with zero attached hydrogens (tertiary/aromatic N) is 1. The van der Waals surface area contributed by atoms with Crippen LogP contribution in [0.2, 0.25) is 0 Å². The molecule has 0 spiro atoms. The van der Waals surface area contributed by atoms with E-state index in [1.807, 2.05) is 6.92 Å². The summed E-state index contributed by atoms with van der Waals surface area (Å²) in [6.07, 6.45) is 2.45. The van der Waals surface area contributed by atoms with E-state index in [0.717, 1.165) is 6.42 Å². The predicted molar refractivity (Wildman–Crippen MR) is 60.3 cm³/mol. The fraction of sp³-hybridized carbons (Fsp3) is 0.455. The highest BCUT2D eigenvalue weighted by molar-refractivity contribution is 5.90. The Bertz CT molecular complexity index is 340. The summed E-state index contributed by atoms with van der Waals surface area (Å²) in [5.41, 5.74) is 5.95. The molecule has 0 aliphatic rings. The first kappa shape index (κ1) is 12.6. The second-order valence-electron chi connectivity index (χ2n) is 3.80. The summed E-state index contributed by atoms with van der Waals surface area (Å²) in [4.78, 5) is 14.9. The molecule has 16 heavy (non-hydrogen) atoms. The molecular formula is C11H16FN3O. The van der Waals surface area contributed by atoms with E-state index in [-0.39, 0.29) is 5.91 Å². The maximum atomic E-state index is 12.5. The van der Waals surface area contributed by atoms with E-state index in [0.29, 0.717) is 24.6 Å². The number of nitrogens with two attached hydrogens (primary N) is 1. The second-order valence-corrected chi connectivity index (χ2v) is 3.80. The lowest BCUT2D eigenvalue weighted by molar-refractivity contribution is -0.116. The zero-order valence-corrected chi connectivity index (χ0v) is 9.24. The molecule has 1 aromatic rings. The van der Waals surface area contributed by atoms with Crippen LogP contribution in [-0.4, -0.2) is 17.4 Å². The van der Waals surface area contributed by atoms with Crippen LogP contribution in [0.15, 0.2) is 18.3 Å². The first-order valence-electron chi connectivity index (χ1n) is 5.23. The van der Waals surface area contributed by atoms with E-state index in [4.69, 9.17) is 5.73 Å². The van der Waals surface area contributed by atoms with Gasteiger partial charge in [0.25, 0.3) is 0 Å². The van der Waals surface area contributed by atoms with Gasteiger partial charge in [0, 0.05) is 6.42 Å². The van der Waals surface area contributed by atoms with Crippen molar-refractivity contribution in [1.29, 1.82) is 0 Å². The van der Waals surface area contributed by atoms with Crippen molar-refractivity contribution >= 4 is 11.6 Å². The summed E-state index contributed by atoms with van der Waals surface area (Å²) in [6, 6.07) is 2.69. The maximum absolute atomic E-state index is 12.5. The molecule has 1 amide bonds. The minimum atomic E-state index is -0.560. The van der Waals surface area contributed by atoms with E-state index in [1.54, 1.807) is 0 Å². The summed E-state index contributed by atoms with van der Waals surface area (Å²) >= 11 is 0. The number of carbonyl (C=O) groups excluding carboxylic acids is 1. The van der Waals surface area contributed by atoms with Crippen LogP contribution >= 0.6 is 0 Å². The lowest BCUT2D eigenvalue weighted by atomic mass is 10.1. The third kappa shape index (κ3) is 4.35. The standard InChI is InChI=1S/C11H16FN3O/c1-8(6-13)2-5-11(16)15-9-3-4-10(12)14-7-9/h3-4,7-8H,2,5-6,13H2,1H3,(H,15,16). The van der Waals surface area contributed by atoms with Gasteiger partial charge in [-0.1, -0.05) is 6.92 Å². The minimum absolute atomic E-state index is 0.103. The molecule has 0 radical (unpaired) electrons. The summed E-state index contributed by atoms with van der Waals surface area (Å²) in [5.74, 6) is -0.333.